The highest BCUT2D eigenvalue weighted by atomic mass is 16.5. The van der Waals surface area contributed by atoms with Gasteiger partial charge in [0, 0.05) is 51.3 Å². The molecule has 2 aliphatic heterocycles. The fourth-order valence-corrected chi connectivity index (χ4v) is 3.91. The molecule has 1 aromatic carbocycles. The van der Waals surface area contributed by atoms with Gasteiger partial charge in [-0.15, -0.1) is 0 Å². The van der Waals surface area contributed by atoms with Crippen LogP contribution in [0.4, 0.5) is 0 Å². The van der Waals surface area contributed by atoms with Crippen LogP contribution in [-0.4, -0.2) is 35.4 Å². The first-order valence-corrected chi connectivity index (χ1v) is 9.21. The molecule has 5 heteroatoms. The molecule has 2 aliphatic rings. The lowest BCUT2D eigenvalue weighted by Crippen LogP contribution is -2.53. The van der Waals surface area contributed by atoms with Crippen molar-refractivity contribution in [1.29, 1.82) is 0 Å². The van der Waals surface area contributed by atoms with Crippen molar-refractivity contribution in [3.05, 3.63) is 29.8 Å². The molecule has 2 heterocycles. The second-order valence-corrected chi connectivity index (χ2v) is 7.75. The van der Waals surface area contributed by atoms with E-state index in [1.54, 1.807) is 6.92 Å². The van der Waals surface area contributed by atoms with Crippen LogP contribution in [0.25, 0.3) is 0 Å². The second-order valence-electron chi connectivity index (χ2n) is 7.75. The molecule has 0 saturated carbocycles. The summed E-state index contributed by atoms with van der Waals surface area (Å²) in [5, 5.41) is 3.21. The van der Waals surface area contributed by atoms with Crippen LogP contribution in [0.5, 0.6) is 5.75 Å². The predicted octanol–water partition coefficient (Wildman–Crippen LogP) is 3.05. The molecule has 5 nitrogen and oxygen atoms in total. The van der Waals surface area contributed by atoms with Gasteiger partial charge < -0.3 is 15.0 Å². The molecule has 1 aromatic rings. The molecule has 0 aromatic heterocycles. The summed E-state index contributed by atoms with van der Waals surface area (Å²) in [6.07, 6.45) is 2.90. The summed E-state index contributed by atoms with van der Waals surface area (Å²) in [4.78, 5) is 25.8. The third-order valence-corrected chi connectivity index (χ3v) is 5.25. The van der Waals surface area contributed by atoms with E-state index < -0.39 is 0 Å². The summed E-state index contributed by atoms with van der Waals surface area (Å²) in [5.74, 6) is 1.41. The Morgan fingerprint density at radius 2 is 1.96 bits per heavy atom. The smallest absolute Gasteiger partial charge is 0.220 e. The van der Waals surface area contributed by atoms with Crippen molar-refractivity contribution in [1.82, 2.24) is 10.2 Å². The Kier molecular flexibility index (Phi) is 5.02. The number of ether oxygens (including phenoxy) is 1. The van der Waals surface area contributed by atoms with E-state index >= 15 is 0 Å². The molecular weight excluding hydrogens is 316 g/mol. The van der Waals surface area contributed by atoms with Gasteiger partial charge in [0.05, 0.1) is 6.04 Å². The zero-order chi connectivity index (χ0) is 18.0. The molecule has 1 fully saturated rings. The van der Waals surface area contributed by atoms with E-state index in [9.17, 15) is 9.59 Å². The maximum Gasteiger partial charge on any atom is 0.220 e. The number of para-hydroxylation sites is 1. The number of hydrogen-bond acceptors (Lipinski definition) is 3. The minimum Gasteiger partial charge on any atom is -0.487 e. The third kappa shape index (κ3) is 3.97. The molecule has 0 aliphatic carbocycles. The average Bonchev–Trinajstić information content (AvgIpc) is 2.54. The molecule has 1 atom stereocenters. The van der Waals surface area contributed by atoms with Crippen LogP contribution in [0, 0.1) is 5.92 Å². The quantitative estimate of drug-likeness (QED) is 0.917. The highest BCUT2D eigenvalue weighted by Gasteiger charge is 2.44. The van der Waals surface area contributed by atoms with Gasteiger partial charge in [0.2, 0.25) is 11.8 Å². The molecule has 1 N–H and O–H groups in total. The van der Waals surface area contributed by atoms with E-state index in [4.69, 9.17) is 4.74 Å². The van der Waals surface area contributed by atoms with Crippen molar-refractivity contribution >= 4 is 11.8 Å². The predicted molar refractivity (Wildman–Crippen MR) is 96.2 cm³/mol. The molecule has 1 saturated heterocycles. The van der Waals surface area contributed by atoms with Crippen molar-refractivity contribution in [2.45, 2.75) is 58.1 Å². The molecular formula is C20H28N2O3. The number of hydrogen-bond donors (Lipinski definition) is 1. The first-order chi connectivity index (χ1) is 11.9. The number of rotatable bonds is 3. The van der Waals surface area contributed by atoms with Gasteiger partial charge in [-0.05, 0) is 12.0 Å². The highest BCUT2D eigenvalue weighted by Crippen LogP contribution is 2.44. The van der Waals surface area contributed by atoms with Crippen LogP contribution in [0.2, 0.25) is 0 Å². The number of likely N-dealkylation sites (tertiary alicyclic amines) is 1. The van der Waals surface area contributed by atoms with Gasteiger partial charge in [-0.25, -0.2) is 0 Å². The summed E-state index contributed by atoms with van der Waals surface area (Å²) >= 11 is 0. The normalized spacial score (nSPS) is 21.6. The van der Waals surface area contributed by atoms with Crippen molar-refractivity contribution in [3.8, 4) is 5.75 Å². The Morgan fingerprint density at radius 3 is 2.60 bits per heavy atom. The Morgan fingerprint density at radius 1 is 1.28 bits per heavy atom. The molecule has 0 bridgehead atoms. The number of amides is 2. The third-order valence-electron chi connectivity index (χ3n) is 5.25. The van der Waals surface area contributed by atoms with E-state index in [0.29, 0.717) is 25.4 Å². The molecule has 0 radical (unpaired) electrons. The zero-order valence-corrected chi connectivity index (χ0v) is 15.4. The van der Waals surface area contributed by atoms with Crippen LogP contribution in [0.3, 0.4) is 0 Å². The minimum atomic E-state index is -0.296. The summed E-state index contributed by atoms with van der Waals surface area (Å²) in [5.41, 5.74) is 0.759. The Hall–Kier alpha value is -2.04. The highest BCUT2D eigenvalue weighted by molar-refractivity contribution is 5.77. The van der Waals surface area contributed by atoms with Crippen LogP contribution in [-0.2, 0) is 9.59 Å². The van der Waals surface area contributed by atoms with Gasteiger partial charge in [-0.1, -0.05) is 32.0 Å². The van der Waals surface area contributed by atoms with Gasteiger partial charge >= 0.3 is 0 Å². The van der Waals surface area contributed by atoms with Crippen LogP contribution in [0.15, 0.2) is 24.3 Å². The molecule has 25 heavy (non-hydrogen) atoms. The summed E-state index contributed by atoms with van der Waals surface area (Å²) in [7, 11) is 0. The van der Waals surface area contributed by atoms with Gasteiger partial charge in [0.25, 0.3) is 0 Å². The summed E-state index contributed by atoms with van der Waals surface area (Å²) in [6, 6.07) is 7.94. The van der Waals surface area contributed by atoms with Crippen LogP contribution in [0.1, 0.15) is 58.1 Å². The van der Waals surface area contributed by atoms with E-state index in [1.165, 1.54) is 0 Å². The van der Waals surface area contributed by atoms with E-state index in [-0.39, 0.29) is 23.5 Å². The lowest BCUT2D eigenvalue weighted by molar-refractivity contribution is -0.133. The Labute approximate surface area is 149 Å². The fourth-order valence-electron chi connectivity index (χ4n) is 3.91. The lowest BCUT2D eigenvalue weighted by Gasteiger charge is -2.46. The Balaban J connectivity index is 1.79. The first kappa shape index (κ1) is 17.8. The number of nitrogens with zero attached hydrogens (tertiary/aromatic N) is 1. The number of nitrogens with one attached hydrogen (secondary N) is 1. The van der Waals surface area contributed by atoms with Crippen LogP contribution < -0.4 is 10.1 Å². The van der Waals surface area contributed by atoms with E-state index in [0.717, 1.165) is 30.6 Å². The Bertz CT molecular complexity index is 648. The average molecular weight is 344 g/mol. The number of carbonyl (C=O) groups is 2. The standard InChI is InChI=1S/C20H28N2O3/c1-14(2)12-19(24)21-17-13-20(8-10-22(11-9-20)15(3)23)25-18-7-5-4-6-16(17)18/h4-7,14,17H,8-13H2,1-3H3,(H,21,24). The van der Waals surface area contributed by atoms with Crippen LogP contribution >= 0.6 is 0 Å². The maximum atomic E-state index is 12.3. The largest absolute Gasteiger partial charge is 0.487 e. The van der Waals surface area contributed by atoms with Crippen molar-refractivity contribution in [2.75, 3.05) is 13.1 Å². The molecule has 3 rings (SSSR count). The van der Waals surface area contributed by atoms with Crippen molar-refractivity contribution < 1.29 is 14.3 Å². The van der Waals surface area contributed by atoms with Gasteiger partial charge in [-0.3, -0.25) is 9.59 Å². The van der Waals surface area contributed by atoms with Crippen molar-refractivity contribution in [2.24, 2.45) is 5.92 Å². The molecule has 1 unspecified atom stereocenters. The number of carbonyl (C=O) groups excluding carboxylic acids is 2. The van der Waals surface area contributed by atoms with Gasteiger partial charge in [0.15, 0.2) is 0 Å². The fraction of sp³-hybridized carbons (Fsp3) is 0.600. The lowest BCUT2D eigenvalue weighted by atomic mass is 9.80. The number of fused-ring (bicyclic) bond motifs is 1. The SMILES string of the molecule is CC(=O)N1CCC2(CC1)CC(NC(=O)CC(C)C)c1ccccc1O2. The first-order valence-electron chi connectivity index (χ1n) is 9.21. The monoisotopic (exact) mass is 344 g/mol. The second kappa shape index (κ2) is 7.06. The molecule has 1 spiro atoms. The van der Waals surface area contributed by atoms with E-state index in [1.807, 2.05) is 29.2 Å². The summed E-state index contributed by atoms with van der Waals surface area (Å²) < 4.78 is 6.39. The van der Waals surface area contributed by atoms with Gasteiger partial charge in [-0.2, -0.15) is 0 Å². The molecule has 2 amide bonds. The number of benzene rings is 1. The minimum absolute atomic E-state index is 0.0277. The zero-order valence-electron chi connectivity index (χ0n) is 15.4. The van der Waals surface area contributed by atoms with Crippen molar-refractivity contribution in [3.63, 3.8) is 0 Å². The van der Waals surface area contributed by atoms with Gasteiger partial charge in [0.1, 0.15) is 11.4 Å². The van der Waals surface area contributed by atoms with E-state index in [2.05, 4.69) is 19.2 Å². The topological polar surface area (TPSA) is 58.6 Å². The summed E-state index contributed by atoms with van der Waals surface area (Å²) in [6.45, 7) is 7.14. The maximum absolute atomic E-state index is 12.3. The number of piperidine rings is 1. The molecule has 136 valence electrons.